The van der Waals surface area contributed by atoms with Crippen LogP contribution >= 0.6 is 0 Å². The van der Waals surface area contributed by atoms with Gasteiger partial charge in [-0.2, -0.15) is 0 Å². The quantitative estimate of drug-likeness (QED) is 0.628. The van der Waals surface area contributed by atoms with E-state index < -0.39 is 28.7 Å². The van der Waals surface area contributed by atoms with Crippen molar-refractivity contribution in [1.29, 1.82) is 0 Å². The fourth-order valence-corrected chi connectivity index (χ4v) is 2.40. The fourth-order valence-electron chi connectivity index (χ4n) is 1.00. The Morgan fingerprint density at radius 3 is 2.38 bits per heavy atom. The van der Waals surface area contributed by atoms with E-state index in [9.17, 15) is 13.8 Å². The summed E-state index contributed by atoms with van der Waals surface area (Å²) in [6.07, 6.45) is -0.201. The summed E-state index contributed by atoms with van der Waals surface area (Å²) in [6, 6.07) is -1.11. The van der Waals surface area contributed by atoms with E-state index in [4.69, 9.17) is 9.84 Å². The van der Waals surface area contributed by atoms with E-state index in [0.717, 1.165) is 0 Å². The molecule has 7 heteroatoms. The van der Waals surface area contributed by atoms with Crippen LogP contribution in [0.3, 0.4) is 0 Å². The number of rotatable bonds is 7. The molecule has 0 aromatic rings. The second kappa shape index (κ2) is 7.34. The number of carbonyl (C=O) groups is 2. The highest BCUT2D eigenvalue weighted by atomic mass is 32.2. The number of ether oxygens (including phenoxy) is 1. The van der Waals surface area contributed by atoms with Gasteiger partial charge in [-0.3, -0.25) is 9.00 Å². The molecule has 0 aliphatic heterocycles. The molecule has 3 atom stereocenters. The van der Waals surface area contributed by atoms with E-state index >= 15 is 0 Å². The summed E-state index contributed by atoms with van der Waals surface area (Å²) in [6.45, 7) is 2.96. The number of hydrogen-bond acceptors (Lipinski definition) is 4. The first-order chi connectivity index (χ1) is 7.36. The van der Waals surface area contributed by atoms with Gasteiger partial charge in [0.05, 0.1) is 11.9 Å². The zero-order valence-electron chi connectivity index (χ0n) is 9.56. The first-order valence-electron chi connectivity index (χ1n) is 4.74. The molecule has 0 bridgehead atoms. The average Bonchev–Trinajstić information content (AvgIpc) is 2.15. The van der Waals surface area contributed by atoms with Crippen molar-refractivity contribution in [3.05, 3.63) is 0 Å². The Hall–Kier alpha value is -0.950. The number of carboxylic acid groups (broad SMARTS) is 1. The van der Waals surface area contributed by atoms with E-state index in [2.05, 4.69) is 5.32 Å². The van der Waals surface area contributed by atoms with Crippen molar-refractivity contribution in [2.75, 3.05) is 18.6 Å². The lowest BCUT2D eigenvalue weighted by molar-refractivity contribution is -0.140. The number of amides is 1. The summed E-state index contributed by atoms with van der Waals surface area (Å²) in [5.74, 6) is -1.50. The van der Waals surface area contributed by atoms with Crippen LogP contribution in [0.5, 0.6) is 0 Å². The van der Waals surface area contributed by atoms with Gasteiger partial charge in [0.15, 0.2) is 0 Å². The largest absolute Gasteiger partial charge is 0.480 e. The minimum atomic E-state index is -1.34. The monoisotopic (exact) mass is 251 g/mol. The van der Waals surface area contributed by atoms with Crippen molar-refractivity contribution in [1.82, 2.24) is 5.32 Å². The minimum absolute atomic E-state index is 0.109. The Kier molecular flexibility index (Phi) is 6.91. The molecule has 0 aromatic carbocycles. The van der Waals surface area contributed by atoms with Gasteiger partial charge < -0.3 is 15.2 Å². The lowest BCUT2D eigenvalue weighted by atomic mass is 10.3. The van der Waals surface area contributed by atoms with Crippen LogP contribution in [0.4, 0.5) is 0 Å². The van der Waals surface area contributed by atoms with Crippen molar-refractivity contribution in [3.8, 4) is 0 Å². The van der Waals surface area contributed by atoms with Crippen molar-refractivity contribution >= 4 is 22.7 Å². The third-order valence-corrected chi connectivity index (χ3v) is 3.40. The maximum absolute atomic E-state index is 11.5. The van der Waals surface area contributed by atoms with E-state index in [1.54, 1.807) is 6.92 Å². The van der Waals surface area contributed by atoms with E-state index in [-0.39, 0.29) is 17.6 Å². The maximum Gasteiger partial charge on any atom is 0.327 e. The Balaban J connectivity index is 4.24. The van der Waals surface area contributed by atoms with Gasteiger partial charge in [0.2, 0.25) is 5.91 Å². The van der Waals surface area contributed by atoms with Crippen LogP contribution in [-0.2, 0) is 25.1 Å². The molecule has 0 aliphatic carbocycles. The predicted molar refractivity (Wildman–Crippen MR) is 59.6 cm³/mol. The van der Waals surface area contributed by atoms with Gasteiger partial charge in [-0.05, 0) is 6.92 Å². The zero-order valence-corrected chi connectivity index (χ0v) is 10.4. The van der Waals surface area contributed by atoms with Gasteiger partial charge in [-0.1, -0.05) is 0 Å². The number of nitrogens with one attached hydrogen (secondary N) is 1. The minimum Gasteiger partial charge on any atom is -0.480 e. The van der Waals surface area contributed by atoms with Crippen molar-refractivity contribution < 1.29 is 23.6 Å². The van der Waals surface area contributed by atoms with Crippen molar-refractivity contribution in [2.45, 2.75) is 26.0 Å². The lowest BCUT2D eigenvalue weighted by Crippen LogP contribution is -2.44. The number of aliphatic carboxylic acids is 1. The summed E-state index contributed by atoms with van der Waals surface area (Å²) >= 11 is 0. The number of hydrogen-bond donors (Lipinski definition) is 2. The third-order valence-electron chi connectivity index (χ3n) is 1.85. The third kappa shape index (κ3) is 6.52. The smallest absolute Gasteiger partial charge is 0.327 e. The van der Waals surface area contributed by atoms with Crippen LogP contribution in [-0.4, -0.2) is 52.0 Å². The molecule has 6 nitrogen and oxygen atoms in total. The van der Waals surface area contributed by atoms with Crippen LogP contribution < -0.4 is 5.32 Å². The summed E-state index contributed by atoms with van der Waals surface area (Å²) in [5, 5.41) is 11.0. The molecule has 0 rings (SSSR count). The number of methoxy groups -OCH3 is 1. The molecule has 0 saturated heterocycles. The molecule has 0 radical (unpaired) electrons. The van der Waals surface area contributed by atoms with Gasteiger partial charge >= 0.3 is 5.97 Å². The van der Waals surface area contributed by atoms with Crippen LogP contribution in [0.2, 0.25) is 0 Å². The highest BCUT2D eigenvalue weighted by Crippen LogP contribution is 1.97. The van der Waals surface area contributed by atoms with E-state index in [1.165, 1.54) is 14.0 Å². The van der Waals surface area contributed by atoms with Crippen LogP contribution in [0, 0.1) is 0 Å². The second-order valence-corrected chi connectivity index (χ2v) is 4.96. The molecular weight excluding hydrogens is 234 g/mol. The summed E-state index contributed by atoms with van der Waals surface area (Å²) in [5.41, 5.74) is 0. The fraction of sp³-hybridized carbons (Fsp3) is 0.778. The molecule has 0 saturated carbocycles. The molecule has 0 spiro atoms. The van der Waals surface area contributed by atoms with Gasteiger partial charge in [-0.15, -0.1) is 0 Å². The van der Waals surface area contributed by atoms with Crippen molar-refractivity contribution in [2.24, 2.45) is 0 Å². The summed E-state index contributed by atoms with van der Waals surface area (Å²) in [4.78, 5) is 21.5. The molecule has 0 aliphatic rings. The molecule has 2 N–H and O–H groups in total. The molecule has 94 valence electrons. The SMILES string of the molecule is COC(C)CS(=O)CC(NC(C)=O)C(=O)O. The van der Waals surface area contributed by atoms with Crippen LogP contribution in [0.15, 0.2) is 0 Å². The highest BCUT2D eigenvalue weighted by molar-refractivity contribution is 7.85. The molecule has 1 amide bonds. The van der Waals surface area contributed by atoms with Crippen LogP contribution in [0.1, 0.15) is 13.8 Å². The summed E-state index contributed by atoms with van der Waals surface area (Å²) < 4.78 is 16.4. The Morgan fingerprint density at radius 2 is 2.00 bits per heavy atom. The second-order valence-electron chi connectivity index (χ2n) is 3.41. The topological polar surface area (TPSA) is 92.7 Å². The van der Waals surface area contributed by atoms with Gasteiger partial charge in [0, 0.05) is 30.6 Å². The first kappa shape index (κ1) is 15.0. The maximum atomic E-state index is 11.5. The predicted octanol–water partition coefficient (Wildman–Crippen LogP) is -0.641. The molecule has 16 heavy (non-hydrogen) atoms. The highest BCUT2D eigenvalue weighted by Gasteiger charge is 2.21. The molecule has 0 fully saturated rings. The first-order valence-corrected chi connectivity index (χ1v) is 6.23. The van der Waals surface area contributed by atoms with Gasteiger partial charge in [0.25, 0.3) is 0 Å². The molecule has 0 heterocycles. The molecular formula is C9H17NO5S. The van der Waals surface area contributed by atoms with Gasteiger partial charge in [0.1, 0.15) is 6.04 Å². The zero-order chi connectivity index (χ0) is 12.7. The van der Waals surface area contributed by atoms with Crippen LogP contribution in [0.25, 0.3) is 0 Å². The lowest BCUT2D eigenvalue weighted by Gasteiger charge is -2.14. The Morgan fingerprint density at radius 1 is 1.44 bits per heavy atom. The number of carbonyl (C=O) groups excluding carboxylic acids is 1. The Bertz CT molecular complexity index is 281. The van der Waals surface area contributed by atoms with E-state index in [1.807, 2.05) is 0 Å². The van der Waals surface area contributed by atoms with Gasteiger partial charge in [-0.25, -0.2) is 4.79 Å². The Labute approximate surface area is 96.8 Å². The average molecular weight is 251 g/mol. The summed E-state index contributed by atoms with van der Waals surface area (Å²) in [7, 11) is 0.153. The number of carboxylic acids is 1. The van der Waals surface area contributed by atoms with E-state index in [0.29, 0.717) is 0 Å². The molecule has 3 unspecified atom stereocenters. The normalized spacial score (nSPS) is 16.2. The molecule has 0 aromatic heterocycles. The standard InChI is InChI=1S/C9H17NO5S/c1-6(15-3)4-16(14)5-8(9(12)13)10-7(2)11/h6,8H,4-5H2,1-3H3,(H,10,11)(H,12,13). The van der Waals surface area contributed by atoms with Crippen molar-refractivity contribution in [3.63, 3.8) is 0 Å².